The lowest BCUT2D eigenvalue weighted by Crippen LogP contribution is -2.29. The normalized spacial score (nSPS) is 12.1. The van der Waals surface area contributed by atoms with Crippen molar-refractivity contribution in [2.24, 2.45) is 5.73 Å². The highest BCUT2D eigenvalue weighted by Gasteiger charge is 2.17. The van der Waals surface area contributed by atoms with E-state index in [0.29, 0.717) is 0 Å². The lowest BCUT2D eigenvalue weighted by molar-refractivity contribution is -0.165. The van der Waals surface area contributed by atoms with Crippen molar-refractivity contribution in [3.63, 3.8) is 0 Å². The summed E-state index contributed by atoms with van der Waals surface area (Å²) in [5.41, 5.74) is 9.26. The topological polar surface area (TPSA) is 128 Å². The van der Waals surface area contributed by atoms with E-state index in [4.69, 9.17) is 10.8 Å². The van der Waals surface area contributed by atoms with Crippen LogP contribution in [-0.2, 0) is 23.9 Å². The number of carbonyl (C=O) groups is 3. The monoisotopic (exact) mass is 382 g/mol. The first-order valence-electron chi connectivity index (χ1n) is 8.67. The molecule has 0 saturated heterocycles. The molecule has 0 amide bonds. The van der Waals surface area contributed by atoms with E-state index in [-0.39, 0.29) is 13.2 Å². The van der Waals surface area contributed by atoms with Gasteiger partial charge in [0.15, 0.2) is 6.10 Å². The molecule has 1 unspecified atom stereocenters. The van der Waals surface area contributed by atoms with E-state index in [9.17, 15) is 14.4 Å². The molecule has 4 N–H and O–H groups in total. The molecule has 8 nitrogen and oxygen atoms in total. The van der Waals surface area contributed by atoms with Gasteiger partial charge < -0.3 is 25.6 Å². The van der Waals surface area contributed by atoms with Gasteiger partial charge in [-0.3, -0.25) is 9.59 Å². The number of aliphatic carboxylic acids is 1. The number of carboxylic acids is 1. The first-order valence-corrected chi connectivity index (χ1v) is 8.67. The summed E-state index contributed by atoms with van der Waals surface area (Å²) in [4.78, 5) is 32.2. The quantitative estimate of drug-likeness (QED) is 0.610. The molecule has 0 aliphatic rings. The molecule has 0 radical (unpaired) electrons. The molecule has 0 aliphatic heterocycles. The molecule has 0 bridgehead atoms. The molecule has 0 spiro atoms. The van der Waals surface area contributed by atoms with Crippen molar-refractivity contribution in [1.29, 1.82) is 0 Å². The van der Waals surface area contributed by atoms with Crippen LogP contribution in [0.2, 0.25) is 0 Å². The molecule has 2 atom stereocenters. The Balaban J connectivity index is 0.000000516. The molecule has 1 rings (SSSR count). The number of ether oxygens (including phenoxy) is 2. The molecule has 27 heavy (non-hydrogen) atoms. The van der Waals surface area contributed by atoms with E-state index in [0.717, 1.165) is 16.8 Å². The Labute approximate surface area is 160 Å². The predicted octanol–water partition coefficient (Wildman–Crippen LogP) is 1.94. The maximum atomic E-state index is 10.9. The highest BCUT2D eigenvalue weighted by molar-refractivity contribution is 5.79. The van der Waals surface area contributed by atoms with Gasteiger partial charge in [0.1, 0.15) is 6.04 Å². The van der Waals surface area contributed by atoms with Crippen LogP contribution >= 0.6 is 0 Å². The number of carbonyl (C=O) groups excluding carboxylic acids is 2. The Kier molecular flexibility index (Phi) is 10.7. The van der Waals surface area contributed by atoms with Gasteiger partial charge in [0.05, 0.1) is 13.2 Å². The van der Waals surface area contributed by atoms with Crippen molar-refractivity contribution >= 4 is 23.6 Å². The summed E-state index contributed by atoms with van der Waals surface area (Å²) in [6.07, 6.45) is -0.874. The summed E-state index contributed by atoms with van der Waals surface area (Å²) < 4.78 is 9.17. The third-order valence-electron chi connectivity index (χ3n) is 3.77. The van der Waals surface area contributed by atoms with Gasteiger partial charge in [-0.15, -0.1) is 0 Å². The number of anilines is 1. The van der Waals surface area contributed by atoms with Crippen molar-refractivity contribution in [1.82, 2.24) is 0 Å². The summed E-state index contributed by atoms with van der Waals surface area (Å²) >= 11 is 0. The minimum Gasteiger partial charge on any atom is -0.480 e. The summed E-state index contributed by atoms with van der Waals surface area (Å²) in [5, 5.41) is 11.9. The zero-order valence-electron chi connectivity index (χ0n) is 16.8. The van der Waals surface area contributed by atoms with Gasteiger partial charge >= 0.3 is 17.9 Å². The second-order valence-corrected chi connectivity index (χ2v) is 5.99. The number of aryl methyl sites for hydroxylation is 2. The number of nitrogens with one attached hydrogen (secondary N) is 1. The third-order valence-corrected chi connectivity index (χ3v) is 3.77. The molecule has 0 saturated carbocycles. The highest BCUT2D eigenvalue weighted by atomic mass is 16.6. The Morgan fingerprint density at radius 3 is 2.19 bits per heavy atom. The Bertz CT molecular complexity index is 660. The lowest BCUT2D eigenvalue weighted by Gasteiger charge is -2.17. The number of esters is 2. The molecule has 0 aromatic heterocycles. The average Bonchev–Trinajstić information content (AvgIpc) is 2.62. The number of hydrogen-bond donors (Lipinski definition) is 3. The number of benzene rings is 1. The van der Waals surface area contributed by atoms with Crippen molar-refractivity contribution < 1.29 is 29.0 Å². The molecular formula is C19H30N2O6. The minimum absolute atomic E-state index is 0.232. The largest absolute Gasteiger partial charge is 0.480 e. The van der Waals surface area contributed by atoms with Gasteiger partial charge in [0, 0.05) is 5.69 Å². The summed E-state index contributed by atoms with van der Waals surface area (Å²) in [6.45, 7) is 10.8. The second kappa shape index (κ2) is 11.9. The lowest BCUT2D eigenvalue weighted by atomic mass is 10.0. The number of nitrogens with two attached hydrogens (primary N) is 1. The molecule has 0 heterocycles. The second-order valence-electron chi connectivity index (χ2n) is 5.99. The zero-order chi connectivity index (χ0) is 21.1. The van der Waals surface area contributed by atoms with E-state index >= 15 is 0 Å². The van der Waals surface area contributed by atoms with Gasteiger partial charge in [-0.1, -0.05) is 12.1 Å². The summed E-state index contributed by atoms with van der Waals surface area (Å²) in [6, 6.07) is 3.48. The van der Waals surface area contributed by atoms with Crippen LogP contribution in [0.3, 0.4) is 0 Å². The number of hydrogen-bond acceptors (Lipinski definition) is 7. The molecule has 0 aliphatic carbocycles. The highest BCUT2D eigenvalue weighted by Crippen LogP contribution is 2.23. The third kappa shape index (κ3) is 8.54. The van der Waals surface area contributed by atoms with E-state index in [1.54, 1.807) is 13.8 Å². The Morgan fingerprint density at radius 2 is 1.70 bits per heavy atom. The van der Waals surface area contributed by atoms with Crippen LogP contribution in [0.25, 0.3) is 0 Å². The first kappa shape index (κ1) is 24.4. The Morgan fingerprint density at radius 1 is 1.15 bits per heavy atom. The fraction of sp³-hybridized carbons (Fsp3) is 0.526. The SMILES string of the molecule is CCOC(=O)C(C)OC(=O)CN.Cc1ccc(C)c(N[C@@H](C)C(=O)O)c1C. The molecular weight excluding hydrogens is 352 g/mol. The van der Waals surface area contributed by atoms with Gasteiger partial charge in [0.2, 0.25) is 0 Å². The van der Waals surface area contributed by atoms with E-state index < -0.39 is 30.1 Å². The maximum Gasteiger partial charge on any atom is 0.347 e. The van der Waals surface area contributed by atoms with Gasteiger partial charge in [0.25, 0.3) is 0 Å². The Hall–Kier alpha value is -2.61. The average molecular weight is 382 g/mol. The van der Waals surface area contributed by atoms with Crippen LogP contribution in [0.4, 0.5) is 5.69 Å². The first-order chi connectivity index (χ1) is 12.5. The number of rotatable bonds is 7. The summed E-state index contributed by atoms with van der Waals surface area (Å²) in [7, 11) is 0. The van der Waals surface area contributed by atoms with Gasteiger partial charge in [-0.05, 0) is 58.2 Å². The zero-order valence-corrected chi connectivity index (χ0v) is 16.8. The van der Waals surface area contributed by atoms with Crippen molar-refractivity contribution in [3.05, 3.63) is 28.8 Å². The van der Waals surface area contributed by atoms with Crippen molar-refractivity contribution in [2.75, 3.05) is 18.5 Å². The van der Waals surface area contributed by atoms with E-state index in [2.05, 4.69) is 14.8 Å². The van der Waals surface area contributed by atoms with Crippen molar-refractivity contribution in [3.8, 4) is 0 Å². The fourth-order valence-electron chi connectivity index (χ4n) is 2.00. The molecule has 1 aromatic rings. The maximum absolute atomic E-state index is 10.9. The molecule has 8 heteroatoms. The van der Waals surface area contributed by atoms with Crippen LogP contribution in [0.1, 0.15) is 37.5 Å². The van der Waals surface area contributed by atoms with Gasteiger partial charge in [-0.2, -0.15) is 0 Å². The van der Waals surface area contributed by atoms with E-state index in [1.165, 1.54) is 12.5 Å². The standard InChI is InChI=1S/C12H17NO2.C7H13NO4/c1-7-5-6-8(2)11(9(7)3)13-10(4)12(14)15;1-3-11-7(10)5(2)12-6(9)4-8/h5-6,10,13H,1-4H3,(H,14,15);5H,3-4,8H2,1-2H3/t10-;/m0./s1. The van der Waals surface area contributed by atoms with Crippen LogP contribution < -0.4 is 11.1 Å². The minimum atomic E-state index is -0.874. The van der Waals surface area contributed by atoms with Crippen LogP contribution in [0, 0.1) is 20.8 Å². The summed E-state index contributed by atoms with van der Waals surface area (Å²) in [5.74, 6) is -2.01. The van der Waals surface area contributed by atoms with Gasteiger partial charge in [-0.25, -0.2) is 4.79 Å². The fourth-order valence-corrected chi connectivity index (χ4v) is 2.00. The number of carboxylic acid groups (broad SMARTS) is 1. The smallest absolute Gasteiger partial charge is 0.347 e. The van der Waals surface area contributed by atoms with Crippen LogP contribution in [0.15, 0.2) is 12.1 Å². The molecule has 152 valence electrons. The van der Waals surface area contributed by atoms with Crippen LogP contribution in [-0.4, -0.2) is 48.3 Å². The predicted molar refractivity (Wildman–Crippen MR) is 103 cm³/mol. The van der Waals surface area contributed by atoms with E-state index in [1.807, 2.05) is 32.9 Å². The van der Waals surface area contributed by atoms with Crippen molar-refractivity contribution in [2.45, 2.75) is 53.7 Å². The molecule has 0 fully saturated rings. The molecule has 1 aromatic carbocycles. The van der Waals surface area contributed by atoms with Crippen LogP contribution in [0.5, 0.6) is 0 Å².